The van der Waals surface area contributed by atoms with E-state index < -0.39 is 0 Å². The molecule has 0 fully saturated rings. The Labute approximate surface area is 117 Å². The molecule has 1 aromatic carbocycles. The Kier molecular flexibility index (Phi) is 4.90. The molecule has 0 radical (unpaired) electrons. The maximum atomic E-state index is 11.8. The fourth-order valence-electron chi connectivity index (χ4n) is 1.77. The summed E-state index contributed by atoms with van der Waals surface area (Å²) in [5, 5.41) is 15.9. The summed E-state index contributed by atoms with van der Waals surface area (Å²) < 4.78 is 5.16. The van der Waals surface area contributed by atoms with Gasteiger partial charge in [-0.2, -0.15) is 0 Å². The predicted molar refractivity (Wildman–Crippen MR) is 75.2 cm³/mol. The van der Waals surface area contributed by atoms with Crippen molar-refractivity contribution in [1.82, 2.24) is 10.5 Å². The number of aliphatic hydroxyl groups excluding tert-OH is 1. The highest BCUT2D eigenvalue weighted by molar-refractivity contribution is 5.93. The number of aliphatic hydroxyl groups is 1. The molecular weight excluding hydrogens is 256 g/mol. The second-order valence-electron chi connectivity index (χ2n) is 4.55. The van der Waals surface area contributed by atoms with E-state index in [4.69, 9.17) is 4.52 Å². The van der Waals surface area contributed by atoms with Gasteiger partial charge >= 0.3 is 0 Å². The maximum Gasteiger partial charge on any atom is 0.273 e. The molecule has 5 nitrogen and oxygen atoms in total. The zero-order valence-corrected chi connectivity index (χ0v) is 11.4. The Morgan fingerprint density at radius 2 is 2.15 bits per heavy atom. The van der Waals surface area contributed by atoms with Gasteiger partial charge in [-0.15, -0.1) is 0 Å². The van der Waals surface area contributed by atoms with E-state index in [0.29, 0.717) is 25.1 Å². The lowest BCUT2D eigenvalue weighted by atomic mass is 10.1. The molecule has 1 unspecified atom stereocenters. The summed E-state index contributed by atoms with van der Waals surface area (Å²) >= 11 is 0. The van der Waals surface area contributed by atoms with Gasteiger partial charge in [-0.3, -0.25) is 4.79 Å². The van der Waals surface area contributed by atoms with Crippen molar-refractivity contribution in [3.05, 3.63) is 42.1 Å². The number of benzene rings is 1. The van der Waals surface area contributed by atoms with Crippen LogP contribution in [0.3, 0.4) is 0 Å². The molecule has 0 saturated heterocycles. The molecule has 106 valence electrons. The van der Waals surface area contributed by atoms with Crippen molar-refractivity contribution < 1.29 is 14.4 Å². The fraction of sp³-hybridized carbons (Fsp3) is 0.333. The van der Waals surface area contributed by atoms with Crippen molar-refractivity contribution in [3.8, 4) is 11.3 Å². The fourth-order valence-corrected chi connectivity index (χ4v) is 1.77. The lowest BCUT2D eigenvalue weighted by molar-refractivity contribution is 0.0933. The zero-order chi connectivity index (χ0) is 14.4. The smallest absolute Gasteiger partial charge is 0.273 e. The maximum absolute atomic E-state index is 11.8. The van der Waals surface area contributed by atoms with Crippen LogP contribution in [0, 0.1) is 0 Å². The Balaban J connectivity index is 1.93. The van der Waals surface area contributed by atoms with Gasteiger partial charge in [-0.05, 0) is 12.8 Å². The van der Waals surface area contributed by atoms with Crippen LogP contribution in [0.4, 0.5) is 0 Å². The number of carbonyl (C=O) groups excluding carboxylic acids is 1. The molecule has 0 bridgehead atoms. The predicted octanol–water partition coefficient (Wildman–Crippen LogP) is 2.23. The molecule has 5 heteroatoms. The monoisotopic (exact) mass is 274 g/mol. The third-order valence-electron chi connectivity index (χ3n) is 3.04. The van der Waals surface area contributed by atoms with Gasteiger partial charge in [-0.25, -0.2) is 0 Å². The lowest BCUT2D eigenvalue weighted by Crippen LogP contribution is -2.27. The first-order valence-electron chi connectivity index (χ1n) is 6.69. The normalized spacial score (nSPS) is 12.1. The summed E-state index contributed by atoms with van der Waals surface area (Å²) in [5.74, 6) is 0.267. The molecule has 2 aromatic rings. The standard InChI is InChI=1S/C15H18N2O3/c1-2-12(18)8-9-16-15(19)13-10-14(20-17-13)11-6-4-3-5-7-11/h3-7,10,12,18H,2,8-9H2,1H3,(H,16,19). The van der Waals surface area contributed by atoms with Crippen molar-refractivity contribution in [2.75, 3.05) is 6.54 Å². The van der Waals surface area contributed by atoms with Crippen molar-refractivity contribution in [3.63, 3.8) is 0 Å². The number of amides is 1. The minimum Gasteiger partial charge on any atom is -0.393 e. The highest BCUT2D eigenvalue weighted by Gasteiger charge is 2.13. The van der Waals surface area contributed by atoms with Gasteiger partial charge < -0.3 is 14.9 Å². The van der Waals surface area contributed by atoms with Crippen molar-refractivity contribution in [2.24, 2.45) is 0 Å². The largest absolute Gasteiger partial charge is 0.393 e. The summed E-state index contributed by atoms with van der Waals surface area (Å²) in [6.07, 6.45) is 0.830. The zero-order valence-electron chi connectivity index (χ0n) is 11.4. The number of nitrogens with zero attached hydrogens (tertiary/aromatic N) is 1. The van der Waals surface area contributed by atoms with Gasteiger partial charge in [-0.1, -0.05) is 42.4 Å². The molecule has 0 aliphatic carbocycles. The average molecular weight is 274 g/mol. The molecule has 0 saturated carbocycles. The van der Waals surface area contributed by atoms with Gasteiger partial charge in [0.1, 0.15) is 0 Å². The first-order chi connectivity index (χ1) is 9.70. The minimum absolute atomic E-state index is 0.245. The van der Waals surface area contributed by atoms with Gasteiger partial charge in [0.05, 0.1) is 6.10 Å². The molecule has 2 N–H and O–H groups in total. The van der Waals surface area contributed by atoms with Crippen LogP contribution in [-0.4, -0.2) is 28.8 Å². The molecule has 1 heterocycles. The summed E-state index contributed by atoms with van der Waals surface area (Å²) in [6.45, 7) is 2.32. The number of aromatic nitrogens is 1. The second kappa shape index (κ2) is 6.86. The van der Waals surface area contributed by atoms with Crippen molar-refractivity contribution >= 4 is 5.91 Å². The quantitative estimate of drug-likeness (QED) is 0.847. The molecule has 2 rings (SSSR count). The van der Waals surface area contributed by atoms with Gasteiger partial charge in [0.15, 0.2) is 11.5 Å². The topological polar surface area (TPSA) is 75.4 Å². The number of rotatable bonds is 6. The second-order valence-corrected chi connectivity index (χ2v) is 4.55. The molecule has 20 heavy (non-hydrogen) atoms. The van der Waals surface area contributed by atoms with E-state index in [1.54, 1.807) is 6.07 Å². The Bertz CT molecular complexity index is 551. The summed E-state index contributed by atoms with van der Waals surface area (Å²) in [6, 6.07) is 11.1. The van der Waals surface area contributed by atoms with Crippen LogP contribution in [-0.2, 0) is 0 Å². The molecule has 1 atom stereocenters. The van der Waals surface area contributed by atoms with Crippen LogP contribution < -0.4 is 5.32 Å². The van der Waals surface area contributed by atoms with Crippen molar-refractivity contribution in [2.45, 2.75) is 25.9 Å². The summed E-state index contributed by atoms with van der Waals surface area (Å²) in [5.41, 5.74) is 1.12. The first kappa shape index (κ1) is 14.3. The van der Waals surface area contributed by atoms with Crippen LogP contribution in [0.25, 0.3) is 11.3 Å². The van der Waals surface area contributed by atoms with Gasteiger partial charge in [0, 0.05) is 18.2 Å². The SMILES string of the molecule is CCC(O)CCNC(=O)c1cc(-c2ccccc2)on1. The van der Waals surface area contributed by atoms with Crippen LogP contribution in [0.15, 0.2) is 40.9 Å². The van der Waals surface area contributed by atoms with Crippen LogP contribution in [0.1, 0.15) is 30.3 Å². The molecule has 0 aliphatic heterocycles. The third kappa shape index (κ3) is 3.68. The molecule has 1 aromatic heterocycles. The lowest BCUT2D eigenvalue weighted by Gasteiger charge is -2.07. The van der Waals surface area contributed by atoms with Crippen LogP contribution >= 0.6 is 0 Å². The van der Waals surface area contributed by atoms with E-state index in [9.17, 15) is 9.90 Å². The Morgan fingerprint density at radius 1 is 1.40 bits per heavy atom. The Hall–Kier alpha value is -2.14. The van der Waals surface area contributed by atoms with E-state index in [2.05, 4.69) is 10.5 Å². The Morgan fingerprint density at radius 3 is 2.85 bits per heavy atom. The number of hydrogen-bond donors (Lipinski definition) is 2. The van der Waals surface area contributed by atoms with E-state index in [0.717, 1.165) is 5.56 Å². The van der Waals surface area contributed by atoms with Crippen LogP contribution in [0.2, 0.25) is 0 Å². The highest BCUT2D eigenvalue weighted by Crippen LogP contribution is 2.19. The van der Waals surface area contributed by atoms with E-state index in [1.807, 2.05) is 37.3 Å². The number of nitrogens with one attached hydrogen (secondary N) is 1. The van der Waals surface area contributed by atoms with Crippen molar-refractivity contribution in [1.29, 1.82) is 0 Å². The third-order valence-corrected chi connectivity index (χ3v) is 3.04. The van der Waals surface area contributed by atoms with E-state index in [-0.39, 0.29) is 17.7 Å². The summed E-state index contributed by atoms with van der Waals surface area (Å²) in [4.78, 5) is 11.8. The van der Waals surface area contributed by atoms with Gasteiger partial charge in [0.2, 0.25) is 0 Å². The van der Waals surface area contributed by atoms with E-state index in [1.165, 1.54) is 0 Å². The highest BCUT2D eigenvalue weighted by atomic mass is 16.5. The molecule has 1 amide bonds. The molecule has 0 spiro atoms. The first-order valence-corrected chi connectivity index (χ1v) is 6.69. The molecular formula is C15H18N2O3. The minimum atomic E-state index is -0.382. The average Bonchev–Trinajstić information content (AvgIpc) is 2.97. The summed E-state index contributed by atoms with van der Waals surface area (Å²) in [7, 11) is 0. The number of hydrogen-bond acceptors (Lipinski definition) is 4. The number of carbonyl (C=O) groups is 1. The molecule has 0 aliphatic rings. The van der Waals surface area contributed by atoms with Gasteiger partial charge in [0.25, 0.3) is 5.91 Å². The van der Waals surface area contributed by atoms with E-state index >= 15 is 0 Å². The van der Waals surface area contributed by atoms with Crippen LogP contribution in [0.5, 0.6) is 0 Å².